The molecule has 1 amide bonds. The highest BCUT2D eigenvalue weighted by Gasteiger charge is 2.39. The lowest BCUT2D eigenvalue weighted by Crippen LogP contribution is -2.35. The summed E-state index contributed by atoms with van der Waals surface area (Å²) in [5.41, 5.74) is -1.21. The zero-order chi connectivity index (χ0) is 28.2. The Morgan fingerprint density at radius 1 is 1.08 bits per heavy atom. The minimum atomic E-state index is -4.70. The summed E-state index contributed by atoms with van der Waals surface area (Å²) in [5, 5.41) is 4.83. The third-order valence-electron chi connectivity index (χ3n) is 6.66. The topological polar surface area (TPSA) is 86.4 Å². The smallest absolute Gasteiger partial charge is 0.383 e. The molecule has 1 atom stereocenters. The maximum Gasteiger partial charge on any atom is 0.416 e. The zero-order valence-electron chi connectivity index (χ0n) is 21.3. The fourth-order valence-corrected chi connectivity index (χ4v) is 4.87. The van der Waals surface area contributed by atoms with Crippen LogP contribution in [0.15, 0.2) is 53.3 Å². The molecule has 4 rings (SSSR count). The van der Waals surface area contributed by atoms with Gasteiger partial charge in [0.15, 0.2) is 11.6 Å². The van der Waals surface area contributed by atoms with E-state index in [-0.39, 0.29) is 24.5 Å². The van der Waals surface area contributed by atoms with Crippen molar-refractivity contribution in [1.29, 1.82) is 0 Å². The second-order valence-electron chi connectivity index (χ2n) is 9.33. The summed E-state index contributed by atoms with van der Waals surface area (Å²) in [6.45, 7) is 0.714. The maximum absolute atomic E-state index is 13.8. The van der Waals surface area contributed by atoms with Crippen LogP contribution < -0.4 is 5.69 Å². The molecule has 0 spiro atoms. The van der Waals surface area contributed by atoms with Gasteiger partial charge >= 0.3 is 11.9 Å². The largest absolute Gasteiger partial charge is 0.416 e. The van der Waals surface area contributed by atoms with Gasteiger partial charge in [0.25, 0.3) is 0 Å². The number of halogens is 4. The first-order valence-corrected chi connectivity index (χ1v) is 12.9. The summed E-state index contributed by atoms with van der Waals surface area (Å²) in [5.74, 6) is -2.17. The Morgan fingerprint density at radius 3 is 2.38 bits per heavy atom. The minimum Gasteiger partial charge on any atom is -0.383 e. The van der Waals surface area contributed by atoms with E-state index in [4.69, 9.17) is 16.3 Å². The standard InChI is InChI=1S/C27H28ClF3N4O4/c1-39-15-14-34-24(18-8-10-19(28)11-9-18)32-35(26(34)38)17-20(36)16-22(25(37)33-12-4-5-13-33)21-6-2-3-7-23(21)27(29,30)31/h2-3,6-11,22H,4-5,12-17H2,1H3. The lowest BCUT2D eigenvalue weighted by atomic mass is 9.88. The average Bonchev–Trinajstić information content (AvgIpc) is 3.55. The molecule has 12 heteroatoms. The van der Waals surface area contributed by atoms with Gasteiger partial charge in [-0.2, -0.15) is 13.2 Å². The molecule has 2 heterocycles. The van der Waals surface area contributed by atoms with E-state index in [0.29, 0.717) is 23.7 Å². The van der Waals surface area contributed by atoms with Crippen LogP contribution in [0.1, 0.15) is 36.3 Å². The highest BCUT2D eigenvalue weighted by molar-refractivity contribution is 6.30. The van der Waals surface area contributed by atoms with Crippen LogP contribution in [0.3, 0.4) is 0 Å². The first kappa shape index (κ1) is 28.6. The first-order valence-electron chi connectivity index (χ1n) is 12.5. The first-order chi connectivity index (χ1) is 18.6. The molecule has 1 aliphatic heterocycles. The molecule has 2 aromatic carbocycles. The molecule has 0 aliphatic carbocycles. The van der Waals surface area contributed by atoms with Crippen LogP contribution in [0, 0.1) is 0 Å². The number of ketones is 1. The van der Waals surface area contributed by atoms with E-state index in [1.165, 1.54) is 34.8 Å². The Labute approximate surface area is 227 Å². The SMILES string of the molecule is COCCn1c(-c2ccc(Cl)cc2)nn(CC(=O)CC(C(=O)N2CCCC2)c2ccccc2C(F)(F)F)c1=O. The van der Waals surface area contributed by atoms with E-state index in [1.54, 1.807) is 24.3 Å². The fraction of sp³-hybridized carbons (Fsp3) is 0.407. The average molecular weight is 565 g/mol. The quantitative estimate of drug-likeness (QED) is 0.364. The molecule has 1 saturated heterocycles. The molecule has 0 N–H and O–H groups in total. The molecule has 8 nitrogen and oxygen atoms in total. The number of likely N-dealkylation sites (tertiary alicyclic amines) is 1. The normalized spacial score (nSPS) is 14.5. The van der Waals surface area contributed by atoms with Crippen molar-refractivity contribution in [3.05, 3.63) is 75.2 Å². The predicted octanol–water partition coefficient (Wildman–Crippen LogP) is 4.40. The summed E-state index contributed by atoms with van der Waals surface area (Å²) < 4.78 is 48.9. The van der Waals surface area contributed by atoms with Gasteiger partial charge in [0, 0.05) is 37.2 Å². The van der Waals surface area contributed by atoms with E-state index in [9.17, 15) is 27.6 Å². The van der Waals surface area contributed by atoms with Gasteiger partial charge in [0.2, 0.25) is 5.91 Å². The number of benzene rings is 2. The van der Waals surface area contributed by atoms with E-state index in [0.717, 1.165) is 23.6 Å². The summed E-state index contributed by atoms with van der Waals surface area (Å²) in [7, 11) is 1.48. The Kier molecular flexibility index (Phi) is 8.91. The van der Waals surface area contributed by atoms with Crippen LogP contribution >= 0.6 is 11.6 Å². The van der Waals surface area contributed by atoms with Gasteiger partial charge in [-0.3, -0.25) is 14.2 Å². The molecule has 1 fully saturated rings. The number of Topliss-reactive ketones (excluding diaryl/α,β-unsaturated/α-hetero) is 1. The second-order valence-corrected chi connectivity index (χ2v) is 9.76. The molecule has 3 aromatic rings. The number of ether oxygens (including phenoxy) is 1. The monoisotopic (exact) mass is 564 g/mol. The van der Waals surface area contributed by atoms with Crippen LogP contribution in [0.25, 0.3) is 11.4 Å². The highest BCUT2D eigenvalue weighted by atomic mass is 35.5. The maximum atomic E-state index is 13.8. The molecular formula is C27H28ClF3N4O4. The van der Waals surface area contributed by atoms with Gasteiger partial charge in [-0.25, -0.2) is 9.48 Å². The molecule has 0 radical (unpaired) electrons. The van der Waals surface area contributed by atoms with Crippen LogP contribution in [-0.2, 0) is 33.6 Å². The lowest BCUT2D eigenvalue weighted by molar-refractivity contribution is -0.140. The van der Waals surface area contributed by atoms with Crippen molar-refractivity contribution >= 4 is 23.3 Å². The van der Waals surface area contributed by atoms with Crippen molar-refractivity contribution in [3.8, 4) is 11.4 Å². The van der Waals surface area contributed by atoms with E-state index < -0.39 is 48.0 Å². The van der Waals surface area contributed by atoms with Gasteiger partial charge in [0.1, 0.15) is 6.54 Å². The summed E-state index contributed by atoms with van der Waals surface area (Å²) >= 11 is 5.98. The number of hydrogen-bond donors (Lipinski definition) is 0. The Balaban J connectivity index is 1.65. The van der Waals surface area contributed by atoms with Crippen molar-refractivity contribution in [3.63, 3.8) is 0 Å². The van der Waals surface area contributed by atoms with Gasteiger partial charge < -0.3 is 9.64 Å². The van der Waals surface area contributed by atoms with Gasteiger partial charge in [-0.15, -0.1) is 5.10 Å². The number of nitrogens with zero attached hydrogens (tertiary/aromatic N) is 4. The molecular weight excluding hydrogens is 537 g/mol. The Hall–Kier alpha value is -3.44. The Morgan fingerprint density at radius 2 is 1.74 bits per heavy atom. The van der Waals surface area contributed by atoms with Crippen LogP contribution in [0.2, 0.25) is 5.02 Å². The van der Waals surface area contributed by atoms with E-state index in [2.05, 4.69) is 5.10 Å². The van der Waals surface area contributed by atoms with Crippen LogP contribution in [0.4, 0.5) is 13.2 Å². The Bertz CT molecular complexity index is 1380. The molecule has 1 unspecified atom stereocenters. The minimum absolute atomic E-state index is 0.163. The number of methoxy groups -OCH3 is 1. The molecule has 0 bridgehead atoms. The van der Waals surface area contributed by atoms with Crippen molar-refractivity contribution < 1.29 is 27.5 Å². The molecule has 208 valence electrons. The van der Waals surface area contributed by atoms with Crippen LogP contribution in [-0.4, -0.2) is 57.7 Å². The third-order valence-corrected chi connectivity index (χ3v) is 6.91. The van der Waals surface area contributed by atoms with E-state index >= 15 is 0 Å². The number of rotatable bonds is 10. The predicted molar refractivity (Wildman–Crippen MR) is 138 cm³/mol. The molecule has 0 saturated carbocycles. The fourth-order valence-electron chi connectivity index (χ4n) is 4.75. The van der Waals surface area contributed by atoms with Crippen molar-refractivity contribution in [2.45, 2.75) is 44.4 Å². The van der Waals surface area contributed by atoms with Crippen LogP contribution in [0.5, 0.6) is 0 Å². The lowest BCUT2D eigenvalue weighted by Gasteiger charge is -2.25. The second kappa shape index (κ2) is 12.2. The third kappa shape index (κ3) is 6.59. The number of carbonyl (C=O) groups excluding carboxylic acids is 2. The zero-order valence-corrected chi connectivity index (χ0v) is 22.0. The van der Waals surface area contributed by atoms with E-state index in [1.807, 2.05) is 0 Å². The summed E-state index contributed by atoms with van der Waals surface area (Å²) in [6, 6.07) is 11.4. The van der Waals surface area contributed by atoms with Gasteiger partial charge in [0.05, 0.1) is 24.6 Å². The van der Waals surface area contributed by atoms with Crippen molar-refractivity contribution in [2.75, 3.05) is 26.8 Å². The van der Waals surface area contributed by atoms with Gasteiger partial charge in [-0.05, 0) is 48.7 Å². The number of carbonyl (C=O) groups is 2. The highest BCUT2D eigenvalue weighted by Crippen LogP contribution is 2.37. The summed E-state index contributed by atoms with van der Waals surface area (Å²) in [4.78, 5) is 41.3. The van der Waals surface area contributed by atoms with Crippen molar-refractivity contribution in [1.82, 2.24) is 19.2 Å². The number of aromatic nitrogens is 3. The summed E-state index contributed by atoms with van der Waals surface area (Å²) in [6.07, 6.45) is -3.71. The molecule has 39 heavy (non-hydrogen) atoms. The number of alkyl halides is 3. The van der Waals surface area contributed by atoms with Gasteiger partial charge in [-0.1, -0.05) is 29.8 Å². The van der Waals surface area contributed by atoms with Crippen molar-refractivity contribution in [2.24, 2.45) is 0 Å². The molecule has 1 aromatic heterocycles. The number of amides is 1. The number of hydrogen-bond acceptors (Lipinski definition) is 5. The molecule has 1 aliphatic rings.